The van der Waals surface area contributed by atoms with E-state index in [1.807, 2.05) is 42.0 Å². The highest BCUT2D eigenvalue weighted by Crippen LogP contribution is 2.30. The number of para-hydroxylation sites is 1. The minimum Gasteiger partial charge on any atom is -0.324 e. The van der Waals surface area contributed by atoms with Crippen LogP contribution in [0.3, 0.4) is 0 Å². The molecule has 2 aromatic heterocycles. The number of urea groups is 1. The molecular formula is C28H26F2N6O2. The fraction of sp³-hybridized carbons (Fsp3) is 0.214. The molecule has 8 nitrogen and oxygen atoms in total. The number of carbonyl (C=O) groups is 2. The van der Waals surface area contributed by atoms with E-state index in [0.29, 0.717) is 42.9 Å². The average molecular weight is 517 g/mol. The molecule has 1 aliphatic rings. The van der Waals surface area contributed by atoms with Crippen LogP contribution in [0.25, 0.3) is 5.69 Å². The Morgan fingerprint density at radius 3 is 2.32 bits per heavy atom. The van der Waals surface area contributed by atoms with Crippen LogP contribution in [0.1, 0.15) is 40.5 Å². The Morgan fingerprint density at radius 2 is 1.66 bits per heavy atom. The predicted octanol–water partition coefficient (Wildman–Crippen LogP) is 5.52. The van der Waals surface area contributed by atoms with E-state index in [1.165, 1.54) is 11.0 Å². The number of amides is 3. The second-order valence-corrected chi connectivity index (χ2v) is 9.14. The molecule has 0 saturated carbocycles. The van der Waals surface area contributed by atoms with Gasteiger partial charge >= 0.3 is 6.03 Å². The maximum absolute atomic E-state index is 13.9. The monoisotopic (exact) mass is 516 g/mol. The minimum atomic E-state index is -0.829. The molecular weight excluding hydrogens is 490 g/mol. The van der Waals surface area contributed by atoms with Crippen LogP contribution in [0.2, 0.25) is 0 Å². The third-order valence-electron chi connectivity index (χ3n) is 6.60. The molecule has 38 heavy (non-hydrogen) atoms. The van der Waals surface area contributed by atoms with Gasteiger partial charge in [-0.1, -0.05) is 6.07 Å². The van der Waals surface area contributed by atoms with Gasteiger partial charge in [-0.2, -0.15) is 0 Å². The van der Waals surface area contributed by atoms with E-state index in [1.54, 1.807) is 24.7 Å². The van der Waals surface area contributed by atoms with Crippen LogP contribution in [0.4, 0.5) is 25.0 Å². The first-order chi connectivity index (χ1) is 18.4. The van der Waals surface area contributed by atoms with Gasteiger partial charge in [0.2, 0.25) is 0 Å². The summed E-state index contributed by atoms with van der Waals surface area (Å²) in [4.78, 5) is 36.1. The van der Waals surface area contributed by atoms with Crippen molar-refractivity contribution in [2.45, 2.75) is 25.7 Å². The molecule has 1 saturated heterocycles. The molecule has 2 N–H and O–H groups in total. The first kappa shape index (κ1) is 25.1. The summed E-state index contributed by atoms with van der Waals surface area (Å²) < 4.78 is 29.7. The number of nitrogens with zero attached hydrogens (tertiary/aromatic N) is 4. The van der Waals surface area contributed by atoms with Crippen LogP contribution in [0.5, 0.6) is 0 Å². The smallest absolute Gasteiger partial charge is 0.322 e. The van der Waals surface area contributed by atoms with E-state index in [2.05, 4.69) is 20.6 Å². The highest BCUT2D eigenvalue weighted by Gasteiger charge is 2.28. The van der Waals surface area contributed by atoms with Crippen molar-refractivity contribution < 1.29 is 18.4 Å². The Labute approximate surface area is 218 Å². The van der Waals surface area contributed by atoms with Crippen molar-refractivity contribution in [3.05, 3.63) is 102 Å². The number of anilines is 2. The summed E-state index contributed by atoms with van der Waals surface area (Å²) >= 11 is 0. The molecule has 0 bridgehead atoms. The quantitative estimate of drug-likeness (QED) is 0.366. The molecule has 194 valence electrons. The lowest BCUT2D eigenvalue weighted by Crippen LogP contribution is -2.41. The molecule has 0 spiro atoms. The highest BCUT2D eigenvalue weighted by atomic mass is 19.1. The number of carbonyl (C=O) groups excluding carboxylic acids is 2. The molecule has 0 aliphatic carbocycles. The van der Waals surface area contributed by atoms with Crippen LogP contribution in [0, 0.1) is 18.6 Å². The van der Waals surface area contributed by atoms with Gasteiger partial charge < -0.3 is 20.1 Å². The van der Waals surface area contributed by atoms with Crippen molar-refractivity contribution >= 4 is 23.3 Å². The van der Waals surface area contributed by atoms with E-state index < -0.39 is 23.4 Å². The van der Waals surface area contributed by atoms with Gasteiger partial charge in [0, 0.05) is 48.5 Å². The van der Waals surface area contributed by atoms with Crippen LogP contribution in [-0.2, 0) is 0 Å². The van der Waals surface area contributed by atoms with Crippen LogP contribution in [-0.4, -0.2) is 44.5 Å². The largest absolute Gasteiger partial charge is 0.324 e. The summed E-state index contributed by atoms with van der Waals surface area (Å²) in [6, 6.07) is 13.8. The molecule has 1 fully saturated rings. The number of aromatic nitrogens is 3. The third-order valence-corrected chi connectivity index (χ3v) is 6.60. The Bertz CT molecular complexity index is 1430. The predicted molar refractivity (Wildman–Crippen MR) is 139 cm³/mol. The van der Waals surface area contributed by atoms with Gasteiger partial charge in [0.25, 0.3) is 5.91 Å². The van der Waals surface area contributed by atoms with E-state index >= 15 is 0 Å². The number of rotatable bonds is 5. The number of hydrogen-bond acceptors (Lipinski definition) is 4. The summed E-state index contributed by atoms with van der Waals surface area (Å²) in [6.07, 6.45) is 6.35. The van der Waals surface area contributed by atoms with Crippen molar-refractivity contribution in [1.29, 1.82) is 0 Å². The number of likely N-dealkylation sites (tertiary alicyclic amines) is 1. The maximum Gasteiger partial charge on any atom is 0.322 e. The lowest BCUT2D eigenvalue weighted by molar-refractivity contribution is 0.102. The van der Waals surface area contributed by atoms with Gasteiger partial charge in [-0.3, -0.25) is 9.78 Å². The summed E-state index contributed by atoms with van der Waals surface area (Å²) in [5.74, 6) is -1.97. The Balaban J connectivity index is 1.25. The second-order valence-electron chi connectivity index (χ2n) is 9.14. The zero-order chi connectivity index (χ0) is 26.6. The van der Waals surface area contributed by atoms with E-state index in [0.717, 1.165) is 23.5 Å². The molecule has 0 atom stereocenters. The van der Waals surface area contributed by atoms with Crippen molar-refractivity contribution in [2.75, 3.05) is 23.7 Å². The number of halogens is 2. The lowest BCUT2D eigenvalue weighted by Gasteiger charge is -2.32. The molecule has 3 heterocycles. The summed E-state index contributed by atoms with van der Waals surface area (Å²) in [5.41, 5.74) is 3.06. The number of aryl methyl sites for hydroxylation is 1. The van der Waals surface area contributed by atoms with Crippen LogP contribution >= 0.6 is 0 Å². The van der Waals surface area contributed by atoms with Gasteiger partial charge in [0.05, 0.1) is 17.6 Å². The summed E-state index contributed by atoms with van der Waals surface area (Å²) in [7, 11) is 0. The molecule has 3 amide bonds. The molecule has 4 aromatic rings. The number of pyridine rings is 1. The standard InChI is InChI=1S/C28H26F2N6O2/c1-18-5-10-22(27(37)33-20-6-8-21(9-7-20)36-16-13-31-17-36)25(32-18)19-11-14-35(15-12-19)28(38)34-26-23(29)3-2-4-24(26)30/h2-10,13,16-17,19H,11-12,14-15H2,1H3,(H,33,37)(H,34,38). The lowest BCUT2D eigenvalue weighted by atomic mass is 9.90. The molecule has 0 unspecified atom stereocenters. The van der Waals surface area contributed by atoms with E-state index in [4.69, 9.17) is 0 Å². The zero-order valence-corrected chi connectivity index (χ0v) is 20.7. The Hall–Kier alpha value is -4.60. The SMILES string of the molecule is Cc1ccc(C(=O)Nc2ccc(-n3ccnc3)cc2)c(C2CCN(C(=O)Nc3c(F)cccc3F)CC2)n1. The van der Waals surface area contributed by atoms with Gasteiger partial charge in [0.1, 0.15) is 17.3 Å². The molecule has 5 rings (SSSR count). The van der Waals surface area contributed by atoms with Crippen molar-refractivity contribution in [1.82, 2.24) is 19.4 Å². The van der Waals surface area contributed by atoms with Crippen molar-refractivity contribution in [3.63, 3.8) is 0 Å². The van der Waals surface area contributed by atoms with Gasteiger partial charge in [-0.25, -0.2) is 18.6 Å². The Kier molecular flexibility index (Phi) is 7.12. The van der Waals surface area contributed by atoms with Gasteiger partial charge in [0.15, 0.2) is 0 Å². The fourth-order valence-corrected chi connectivity index (χ4v) is 4.57. The topological polar surface area (TPSA) is 92.2 Å². The minimum absolute atomic E-state index is 0.0477. The fourth-order valence-electron chi connectivity index (χ4n) is 4.57. The first-order valence-corrected chi connectivity index (χ1v) is 12.3. The molecule has 10 heteroatoms. The van der Waals surface area contributed by atoms with E-state index in [-0.39, 0.29) is 11.8 Å². The molecule has 1 aliphatic heterocycles. The number of piperidine rings is 1. The van der Waals surface area contributed by atoms with Crippen LogP contribution in [0.15, 0.2) is 73.3 Å². The van der Waals surface area contributed by atoms with Crippen LogP contribution < -0.4 is 10.6 Å². The molecule has 0 radical (unpaired) electrons. The normalized spacial score (nSPS) is 13.8. The number of imidazole rings is 1. The number of nitrogens with one attached hydrogen (secondary N) is 2. The second kappa shape index (κ2) is 10.8. The van der Waals surface area contributed by atoms with Gasteiger partial charge in [-0.15, -0.1) is 0 Å². The number of benzene rings is 2. The first-order valence-electron chi connectivity index (χ1n) is 12.3. The molecule has 2 aromatic carbocycles. The maximum atomic E-state index is 13.9. The van der Waals surface area contributed by atoms with E-state index in [9.17, 15) is 18.4 Å². The zero-order valence-electron chi connectivity index (χ0n) is 20.7. The Morgan fingerprint density at radius 1 is 0.947 bits per heavy atom. The summed E-state index contributed by atoms with van der Waals surface area (Å²) in [6.45, 7) is 2.59. The average Bonchev–Trinajstić information content (AvgIpc) is 3.46. The number of hydrogen-bond donors (Lipinski definition) is 2. The van der Waals surface area contributed by atoms with Crippen molar-refractivity contribution in [2.24, 2.45) is 0 Å². The summed E-state index contributed by atoms with van der Waals surface area (Å²) in [5, 5.41) is 5.28. The third kappa shape index (κ3) is 5.39. The highest BCUT2D eigenvalue weighted by molar-refractivity contribution is 6.05. The van der Waals surface area contributed by atoms with Crippen molar-refractivity contribution in [3.8, 4) is 5.69 Å². The van der Waals surface area contributed by atoms with Gasteiger partial charge in [-0.05, 0) is 68.3 Å².